The number of rotatable bonds is 4. The molecule has 3 heterocycles. The molecule has 0 bridgehead atoms. The lowest BCUT2D eigenvalue weighted by Crippen LogP contribution is -2.30. The molecule has 1 saturated heterocycles. The molecule has 4 aromatic rings. The van der Waals surface area contributed by atoms with E-state index in [2.05, 4.69) is 9.97 Å². The molecule has 2 aromatic carbocycles. The fraction of sp³-hybridized carbons (Fsp3) is 0.0870. The number of fused-ring (bicyclic) bond motifs is 1. The van der Waals surface area contributed by atoms with E-state index < -0.39 is 17.7 Å². The summed E-state index contributed by atoms with van der Waals surface area (Å²) in [5.41, 5.74) is 1.54. The number of benzene rings is 2. The molecule has 154 valence electrons. The average molecular weight is 415 g/mol. The van der Waals surface area contributed by atoms with Crippen LogP contribution >= 0.6 is 0 Å². The third-order valence-electron chi connectivity index (χ3n) is 5.22. The van der Waals surface area contributed by atoms with Gasteiger partial charge in [0.15, 0.2) is 0 Å². The lowest BCUT2D eigenvalue weighted by molar-refractivity contribution is -0.132. The molecule has 1 aliphatic heterocycles. The van der Waals surface area contributed by atoms with Crippen molar-refractivity contribution in [3.8, 4) is 5.75 Å². The van der Waals surface area contributed by atoms with Crippen molar-refractivity contribution in [3.05, 3.63) is 83.8 Å². The summed E-state index contributed by atoms with van der Waals surface area (Å²) in [6.45, 7) is 0. The first-order chi connectivity index (χ1) is 15.1. The fourth-order valence-electron chi connectivity index (χ4n) is 3.81. The fourth-order valence-corrected chi connectivity index (χ4v) is 3.81. The van der Waals surface area contributed by atoms with Gasteiger partial charge in [0.2, 0.25) is 5.95 Å². The quantitative estimate of drug-likeness (QED) is 0.298. The third kappa shape index (κ3) is 2.88. The van der Waals surface area contributed by atoms with Crippen LogP contribution < -0.4 is 9.64 Å². The van der Waals surface area contributed by atoms with Crippen LogP contribution in [0.1, 0.15) is 17.4 Å². The van der Waals surface area contributed by atoms with E-state index in [1.54, 1.807) is 42.5 Å². The van der Waals surface area contributed by atoms with Gasteiger partial charge >= 0.3 is 5.91 Å². The van der Waals surface area contributed by atoms with Gasteiger partial charge in [-0.05, 0) is 36.4 Å². The maximum Gasteiger partial charge on any atom is 0.302 e. The number of aliphatic hydroxyl groups excluding tert-OH is 1. The number of carbonyl (C=O) groups is 2. The molecule has 1 aliphatic rings. The molecule has 8 heteroatoms. The van der Waals surface area contributed by atoms with Crippen molar-refractivity contribution in [1.82, 2.24) is 9.97 Å². The minimum Gasteiger partial charge on any atom is -0.507 e. The Hall–Kier alpha value is -4.33. The summed E-state index contributed by atoms with van der Waals surface area (Å²) >= 11 is 0. The maximum atomic E-state index is 13.1. The number of carbonyl (C=O) groups excluding carboxylic acids is 2. The first kappa shape index (κ1) is 18.7. The van der Waals surface area contributed by atoms with E-state index in [-0.39, 0.29) is 17.3 Å². The molecule has 1 unspecified atom stereocenters. The molecule has 0 spiro atoms. The van der Waals surface area contributed by atoms with E-state index in [0.717, 1.165) is 0 Å². The number of imidazole rings is 1. The van der Waals surface area contributed by atoms with Gasteiger partial charge in [0.25, 0.3) is 5.78 Å². The number of para-hydroxylation sites is 3. The van der Waals surface area contributed by atoms with Crippen LogP contribution in [0.25, 0.3) is 16.8 Å². The first-order valence-corrected chi connectivity index (χ1v) is 9.52. The van der Waals surface area contributed by atoms with Crippen molar-refractivity contribution < 1.29 is 23.8 Å². The lowest BCUT2D eigenvalue weighted by atomic mass is 9.99. The van der Waals surface area contributed by atoms with E-state index in [1.807, 2.05) is 18.2 Å². The maximum absolute atomic E-state index is 13.1. The number of methoxy groups -OCH3 is 1. The topological polar surface area (TPSA) is 109 Å². The zero-order valence-corrected chi connectivity index (χ0v) is 16.4. The summed E-state index contributed by atoms with van der Waals surface area (Å²) in [5, 5.41) is 11.1. The Morgan fingerprint density at radius 2 is 1.87 bits per heavy atom. The first-order valence-electron chi connectivity index (χ1n) is 9.52. The zero-order chi connectivity index (χ0) is 21.5. The highest BCUT2D eigenvalue weighted by atomic mass is 16.5. The minimum atomic E-state index is -1.000. The van der Waals surface area contributed by atoms with Gasteiger partial charge in [-0.2, -0.15) is 0 Å². The second-order valence-corrected chi connectivity index (χ2v) is 6.96. The molecule has 1 fully saturated rings. The van der Waals surface area contributed by atoms with Crippen LogP contribution in [0.2, 0.25) is 0 Å². The smallest absolute Gasteiger partial charge is 0.302 e. The van der Waals surface area contributed by atoms with Gasteiger partial charge in [0.05, 0.1) is 35.5 Å². The van der Waals surface area contributed by atoms with Crippen LogP contribution in [0.4, 0.5) is 5.95 Å². The molecule has 1 atom stereocenters. The van der Waals surface area contributed by atoms with Crippen LogP contribution in [0.5, 0.6) is 5.75 Å². The van der Waals surface area contributed by atoms with Crippen molar-refractivity contribution in [1.29, 1.82) is 0 Å². The van der Waals surface area contributed by atoms with E-state index in [1.165, 1.54) is 18.3 Å². The minimum absolute atomic E-state index is 0.107. The van der Waals surface area contributed by atoms with Gasteiger partial charge in [-0.3, -0.25) is 14.5 Å². The van der Waals surface area contributed by atoms with E-state index in [9.17, 15) is 14.7 Å². The van der Waals surface area contributed by atoms with Crippen molar-refractivity contribution in [2.24, 2.45) is 0 Å². The Kier molecular flexibility index (Phi) is 4.32. The number of ketones is 1. The van der Waals surface area contributed by atoms with Crippen LogP contribution in [0.3, 0.4) is 0 Å². The predicted molar refractivity (Wildman–Crippen MR) is 113 cm³/mol. The summed E-state index contributed by atoms with van der Waals surface area (Å²) in [6, 6.07) is 16.3. The summed E-state index contributed by atoms with van der Waals surface area (Å²) in [6.07, 6.45) is 1.44. The number of hydrogen-bond donors (Lipinski definition) is 2. The Labute approximate surface area is 176 Å². The molecular weight excluding hydrogens is 398 g/mol. The Balaban J connectivity index is 1.73. The molecule has 0 aliphatic carbocycles. The molecule has 0 radical (unpaired) electrons. The summed E-state index contributed by atoms with van der Waals surface area (Å²) in [4.78, 5) is 34.9. The summed E-state index contributed by atoms with van der Waals surface area (Å²) in [5.74, 6) is -1.15. The number of anilines is 1. The lowest BCUT2D eigenvalue weighted by Gasteiger charge is -2.20. The standard InChI is InChI=1S/C23H17N3O5/c1-30-16-10-5-2-7-13(16)20(27)18-19(17-11-6-12-31-17)26(22(29)21(18)28)23-24-14-8-3-4-9-15(14)25-23/h2-12,19,27H,1H3,(H,24,25)/b20-18+. The van der Waals surface area contributed by atoms with Gasteiger partial charge in [-0.25, -0.2) is 4.98 Å². The normalized spacial score (nSPS) is 18.1. The number of furan rings is 1. The van der Waals surface area contributed by atoms with Crippen molar-refractivity contribution in [3.63, 3.8) is 0 Å². The second-order valence-electron chi connectivity index (χ2n) is 6.96. The second kappa shape index (κ2) is 7.17. The molecule has 2 N–H and O–H groups in total. The van der Waals surface area contributed by atoms with Gasteiger partial charge in [0, 0.05) is 0 Å². The van der Waals surface area contributed by atoms with Crippen LogP contribution in [-0.2, 0) is 9.59 Å². The average Bonchev–Trinajstić information content (AvgIpc) is 3.52. The van der Waals surface area contributed by atoms with Crippen molar-refractivity contribution >= 4 is 34.4 Å². The Bertz CT molecular complexity index is 1300. The number of aliphatic hydroxyl groups is 1. The van der Waals surface area contributed by atoms with Crippen molar-refractivity contribution in [2.45, 2.75) is 6.04 Å². The molecule has 2 aromatic heterocycles. The highest BCUT2D eigenvalue weighted by molar-refractivity contribution is 6.51. The number of hydrogen-bond acceptors (Lipinski definition) is 6. The Morgan fingerprint density at radius 3 is 2.61 bits per heavy atom. The van der Waals surface area contributed by atoms with E-state index in [4.69, 9.17) is 9.15 Å². The molecule has 1 amide bonds. The monoisotopic (exact) mass is 415 g/mol. The predicted octanol–water partition coefficient (Wildman–Crippen LogP) is 3.79. The molecule has 5 rings (SSSR count). The van der Waals surface area contributed by atoms with E-state index in [0.29, 0.717) is 28.1 Å². The highest BCUT2D eigenvalue weighted by Crippen LogP contribution is 2.42. The number of aromatic amines is 1. The largest absolute Gasteiger partial charge is 0.507 e. The number of aromatic nitrogens is 2. The van der Waals surface area contributed by atoms with Crippen molar-refractivity contribution in [2.75, 3.05) is 12.0 Å². The number of amides is 1. The zero-order valence-electron chi connectivity index (χ0n) is 16.4. The summed E-state index contributed by atoms with van der Waals surface area (Å²) in [7, 11) is 1.46. The van der Waals surface area contributed by atoms with Gasteiger partial charge in [-0.1, -0.05) is 24.3 Å². The summed E-state index contributed by atoms with van der Waals surface area (Å²) < 4.78 is 10.9. The van der Waals surface area contributed by atoms with Gasteiger partial charge in [-0.15, -0.1) is 0 Å². The highest BCUT2D eigenvalue weighted by Gasteiger charge is 2.49. The molecule has 8 nitrogen and oxygen atoms in total. The Morgan fingerprint density at radius 1 is 1.10 bits per heavy atom. The number of nitrogens with zero attached hydrogens (tertiary/aromatic N) is 2. The number of ether oxygens (including phenoxy) is 1. The SMILES string of the molecule is COc1ccccc1/C(O)=C1\C(=O)C(=O)N(c2nc3ccccc3[nH]2)C1c1ccco1. The number of H-pyrrole nitrogens is 1. The van der Waals surface area contributed by atoms with Crippen LogP contribution in [0.15, 0.2) is 76.9 Å². The van der Waals surface area contributed by atoms with Gasteiger partial charge in [0.1, 0.15) is 23.3 Å². The molecule has 31 heavy (non-hydrogen) atoms. The van der Waals surface area contributed by atoms with Crippen LogP contribution in [0, 0.1) is 0 Å². The third-order valence-corrected chi connectivity index (χ3v) is 5.22. The van der Waals surface area contributed by atoms with Crippen LogP contribution in [-0.4, -0.2) is 33.9 Å². The number of nitrogens with one attached hydrogen (secondary N) is 1. The van der Waals surface area contributed by atoms with E-state index >= 15 is 0 Å². The number of Topliss-reactive ketones (excluding diaryl/α,β-unsaturated/α-hetero) is 1. The molecular formula is C23H17N3O5. The van der Waals surface area contributed by atoms with Gasteiger partial charge < -0.3 is 19.2 Å². The molecule has 0 saturated carbocycles.